The van der Waals surface area contributed by atoms with Crippen molar-refractivity contribution in [2.24, 2.45) is 9.98 Å². The van der Waals surface area contributed by atoms with E-state index in [1.807, 2.05) is 61.2 Å². The fourth-order valence-electron chi connectivity index (χ4n) is 1.17. The van der Waals surface area contributed by atoms with Crippen molar-refractivity contribution in [2.75, 3.05) is 91.1 Å². The summed E-state index contributed by atoms with van der Waals surface area (Å²) in [5.41, 5.74) is 0. The summed E-state index contributed by atoms with van der Waals surface area (Å²) in [7, 11) is 22.0. The molecule has 0 unspecified atom stereocenters. The maximum atomic E-state index is 10.9. The molecule has 0 bridgehead atoms. The van der Waals surface area contributed by atoms with Gasteiger partial charge in [0.15, 0.2) is 11.9 Å². The summed E-state index contributed by atoms with van der Waals surface area (Å²) >= 11 is 0. The van der Waals surface area contributed by atoms with Gasteiger partial charge in [-0.25, -0.2) is 4.79 Å². The van der Waals surface area contributed by atoms with E-state index in [0.29, 0.717) is 0 Å². The van der Waals surface area contributed by atoms with Gasteiger partial charge < -0.3 is 36.0 Å². The molecule has 2 amide bonds. The molecule has 4 N–H and O–H groups in total. The molecule has 0 aliphatic rings. The Bertz CT molecular complexity index is 348. The van der Waals surface area contributed by atoms with Crippen molar-refractivity contribution in [2.45, 2.75) is 6.92 Å². The Morgan fingerprint density at radius 2 is 1.00 bits per heavy atom. The van der Waals surface area contributed by atoms with Gasteiger partial charge in [-0.1, -0.05) is 0 Å². The number of aliphatic imine (C=N–C) groups is 2. The number of urea groups is 1. The van der Waals surface area contributed by atoms with Gasteiger partial charge in [-0.3, -0.25) is 9.98 Å². The first-order chi connectivity index (χ1) is 12.5. The lowest BCUT2D eigenvalue weighted by Crippen LogP contribution is -2.35. The van der Waals surface area contributed by atoms with Crippen molar-refractivity contribution in [1.29, 1.82) is 0 Å². The van der Waals surface area contributed by atoms with Crippen LogP contribution in [0.4, 0.5) is 4.79 Å². The predicted octanol–water partition coefficient (Wildman–Crippen LogP) is -0.380. The van der Waals surface area contributed by atoms with Crippen molar-refractivity contribution in [3.05, 3.63) is 0 Å². The second-order valence-corrected chi connectivity index (χ2v) is 5.68. The molecule has 0 spiro atoms. The van der Waals surface area contributed by atoms with Crippen molar-refractivity contribution >= 4 is 18.0 Å². The van der Waals surface area contributed by atoms with E-state index in [4.69, 9.17) is 0 Å². The average Bonchev–Trinajstić information content (AvgIpc) is 2.64. The Hall–Kier alpha value is -2.23. The minimum Gasteiger partial charge on any atom is -0.359 e. The van der Waals surface area contributed by atoms with Crippen LogP contribution in [-0.2, 0) is 0 Å². The smallest absolute Gasteiger partial charge is 0.319 e. The van der Waals surface area contributed by atoms with E-state index >= 15 is 0 Å². The molecule has 0 aliphatic carbocycles. The van der Waals surface area contributed by atoms with Gasteiger partial charge in [0.05, 0.1) is 0 Å². The monoisotopic (exact) mass is 391 g/mol. The Labute approximate surface area is 167 Å². The number of hydrogen-bond acceptors (Lipinski definition) is 4. The van der Waals surface area contributed by atoms with Crippen LogP contribution in [0.1, 0.15) is 6.92 Å². The van der Waals surface area contributed by atoms with Crippen molar-refractivity contribution in [1.82, 2.24) is 36.0 Å². The van der Waals surface area contributed by atoms with Crippen LogP contribution in [0.15, 0.2) is 9.98 Å². The Morgan fingerprint density at radius 3 is 1.04 bits per heavy atom. The molecule has 0 aromatic rings. The molecule has 0 heterocycles. The fraction of sp³-hybridized carbons (Fsp3) is 0.824. The van der Waals surface area contributed by atoms with Crippen LogP contribution in [0.5, 0.6) is 0 Å². The molecule has 10 nitrogen and oxygen atoms in total. The molecule has 0 atom stereocenters. The number of carbonyl (C=O) groups excluding carboxylic acids is 1. The van der Waals surface area contributed by atoms with E-state index in [1.54, 1.807) is 45.0 Å². The molecular formula is C17H45N9O. The van der Waals surface area contributed by atoms with Gasteiger partial charge in [0.1, 0.15) is 0 Å². The van der Waals surface area contributed by atoms with Crippen LogP contribution in [0.3, 0.4) is 0 Å². The Balaban J connectivity index is -0.000000135. The van der Waals surface area contributed by atoms with Gasteiger partial charge in [0.25, 0.3) is 0 Å². The first-order valence-corrected chi connectivity index (χ1v) is 8.70. The highest BCUT2D eigenvalue weighted by atomic mass is 16.2. The molecule has 164 valence electrons. The number of guanidine groups is 2. The first kappa shape index (κ1) is 32.4. The number of rotatable bonds is 1. The average molecular weight is 392 g/mol. The van der Waals surface area contributed by atoms with Crippen LogP contribution in [0, 0.1) is 0 Å². The minimum absolute atomic E-state index is 0.0532. The number of amides is 2. The highest BCUT2D eigenvalue weighted by Gasteiger charge is 2.06. The molecule has 0 aromatic carbocycles. The molecule has 0 radical (unpaired) electrons. The predicted molar refractivity (Wildman–Crippen MR) is 120 cm³/mol. The van der Waals surface area contributed by atoms with Gasteiger partial charge in [0.2, 0.25) is 0 Å². The summed E-state index contributed by atoms with van der Waals surface area (Å²) in [6.45, 7) is 2.71. The van der Waals surface area contributed by atoms with Crippen molar-refractivity contribution < 1.29 is 4.79 Å². The summed E-state index contributed by atoms with van der Waals surface area (Å²) in [4.78, 5) is 23.8. The standard InChI is InChI=1S/C6H14N2O.2C4H11N3.C3H9N/c1-5-8(4)6(9)7(2)3;2*1-5-4(6-2)7-3;1-4(2)3/h5H2,1-4H3;2*1-3H3,(H2,5,6,7);1-3H3. The van der Waals surface area contributed by atoms with E-state index in [1.165, 1.54) is 0 Å². The molecule has 10 heteroatoms. The molecule has 27 heavy (non-hydrogen) atoms. The topological polar surface area (TPSA) is 99.6 Å². The highest BCUT2D eigenvalue weighted by molar-refractivity contribution is 5.79. The maximum Gasteiger partial charge on any atom is 0.319 e. The fourth-order valence-corrected chi connectivity index (χ4v) is 1.17. The largest absolute Gasteiger partial charge is 0.359 e. The van der Waals surface area contributed by atoms with Crippen LogP contribution >= 0.6 is 0 Å². The highest BCUT2D eigenvalue weighted by Crippen LogP contribution is 1.87. The lowest BCUT2D eigenvalue weighted by molar-refractivity contribution is 0.184. The second-order valence-electron chi connectivity index (χ2n) is 5.68. The van der Waals surface area contributed by atoms with Gasteiger partial charge in [-0.2, -0.15) is 0 Å². The normalized spacial score (nSPS) is 8.07. The van der Waals surface area contributed by atoms with E-state index in [0.717, 1.165) is 18.5 Å². The number of nitrogens with one attached hydrogen (secondary N) is 4. The summed E-state index contributed by atoms with van der Waals surface area (Å²) in [6, 6.07) is 0.0532. The molecule has 0 saturated carbocycles. The SMILES string of the molecule is CCN(C)C(=O)N(C)C.CN(C)C.CN=C(NC)NC.CN=C(NC)NC. The van der Waals surface area contributed by atoms with Crippen LogP contribution in [0.2, 0.25) is 0 Å². The van der Waals surface area contributed by atoms with Crippen LogP contribution in [-0.4, -0.2) is 124 Å². The maximum absolute atomic E-state index is 10.9. The number of carbonyl (C=O) groups is 1. The third-order valence-corrected chi connectivity index (χ3v) is 2.58. The second kappa shape index (κ2) is 23.8. The quantitative estimate of drug-likeness (QED) is 0.359. The summed E-state index contributed by atoms with van der Waals surface area (Å²) in [5, 5.41) is 11.4. The summed E-state index contributed by atoms with van der Waals surface area (Å²) < 4.78 is 0. The van der Waals surface area contributed by atoms with Crippen LogP contribution in [0.25, 0.3) is 0 Å². The van der Waals surface area contributed by atoms with Gasteiger partial charge in [-0.05, 0) is 28.1 Å². The lowest BCUT2D eigenvalue weighted by Gasteiger charge is -2.19. The number of hydrogen-bond donors (Lipinski definition) is 4. The number of nitrogens with zero attached hydrogens (tertiary/aromatic N) is 5. The van der Waals surface area contributed by atoms with Gasteiger partial charge >= 0.3 is 6.03 Å². The van der Waals surface area contributed by atoms with Crippen molar-refractivity contribution in [3.63, 3.8) is 0 Å². The summed E-state index contributed by atoms with van der Waals surface area (Å²) in [6.07, 6.45) is 0. The zero-order valence-corrected chi connectivity index (χ0v) is 19.9. The molecule has 0 fully saturated rings. The first-order valence-electron chi connectivity index (χ1n) is 8.70. The van der Waals surface area contributed by atoms with Gasteiger partial charge in [-0.15, -0.1) is 0 Å². The molecular weight excluding hydrogens is 346 g/mol. The van der Waals surface area contributed by atoms with E-state index < -0.39 is 0 Å². The Kier molecular flexibility index (Phi) is 28.6. The van der Waals surface area contributed by atoms with Crippen LogP contribution < -0.4 is 21.3 Å². The van der Waals surface area contributed by atoms with Gasteiger partial charge in [0, 0.05) is 70.0 Å². The van der Waals surface area contributed by atoms with E-state index in [2.05, 4.69) is 31.3 Å². The Morgan fingerprint density at radius 1 is 0.741 bits per heavy atom. The molecule has 0 rings (SSSR count). The molecule has 0 saturated heterocycles. The third-order valence-electron chi connectivity index (χ3n) is 2.58. The molecule has 0 aromatic heterocycles. The lowest BCUT2D eigenvalue weighted by atomic mass is 10.6. The van der Waals surface area contributed by atoms with E-state index in [-0.39, 0.29) is 6.03 Å². The zero-order valence-electron chi connectivity index (χ0n) is 19.9. The molecule has 0 aliphatic heterocycles. The minimum atomic E-state index is 0.0532. The zero-order chi connectivity index (χ0) is 22.4. The van der Waals surface area contributed by atoms with E-state index in [9.17, 15) is 4.79 Å². The summed E-state index contributed by atoms with van der Waals surface area (Å²) in [5.74, 6) is 1.61. The van der Waals surface area contributed by atoms with Crippen molar-refractivity contribution in [3.8, 4) is 0 Å². The third kappa shape index (κ3) is 28.8.